The monoisotopic (exact) mass is 354 g/mol. The number of nitro benzene ring substituents is 1. The number of methoxy groups -OCH3 is 1. The third-order valence-corrected chi connectivity index (χ3v) is 3.67. The van der Waals surface area contributed by atoms with Gasteiger partial charge in [0.15, 0.2) is 6.61 Å². The number of hydrogen-bond donors (Lipinski definition) is 1. The Kier molecular flexibility index (Phi) is 6.12. The summed E-state index contributed by atoms with van der Waals surface area (Å²) in [7, 11) is 1.29. The summed E-state index contributed by atoms with van der Waals surface area (Å²) < 4.78 is 15.5. The van der Waals surface area contributed by atoms with Crippen molar-refractivity contribution in [3.05, 3.63) is 28.3 Å². The van der Waals surface area contributed by atoms with Crippen LogP contribution in [0.4, 0.5) is 5.69 Å². The molecule has 0 aliphatic carbocycles. The van der Waals surface area contributed by atoms with Crippen LogP contribution >= 0.6 is 0 Å². The van der Waals surface area contributed by atoms with E-state index < -0.39 is 16.9 Å². The van der Waals surface area contributed by atoms with E-state index in [9.17, 15) is 19.7 Å². The Bertz CT molecular complexity index is 663. The van der Waals surface area contributed by atoms with Crippen molar-refractivity contribution in [3.63, 3.8) is 0 Å². The van der Waals surface area contributed by atoms with Crippen LogP contribution in [0.1, 0.15) is 6.42 Å². The number of carbonyl (C=O) groups excluding carboxylic acids is 1. The Morgan fingerprint density at radius 2 is 2.24 bits per heavy atom. The van der Waals surface area contributed by atoms with Crippen molar-refractivity contribution in [2.75, 3.05) is 33.5 Å². The maximum atomic E-state index is 12.3. The number of morpholine rings is 1. The van der Waals surface area contributed by atoms with Gasteiger partial charge in [-0.25, -0.2) is 0 Å². The maximum Gasteiger partial charge on any atom is 0.311 e. The highest BCUT2D eigenvalue weighted by Gasteiger charge is 2.29. The lowest BCUT2D eigenvalue weighted by Crippen LogP contribution is -2.51. The zero-order chi connectivity index (χ0) is 18.4. The van der Waals surface area contributed by atoms with Crippen molar-refractivity contribution in [2.24, 2.45) is 0 Å². The van der Waals surface area contributed by atoms with Crippen molar-refractivity contribution in [1.29, 1.82) is 0 Å². The SMILES string of the molecule is COc1cc(OCC(=O)N2CCOCC2CC(=O)O)ccc1[N+](=O)[O-]. The third kappa shape index (κ3) is 4.80. The minimum Gasteiger partial charge on any atom is -0.490 e. The van der Waals surface area contributed by atoms with Crippen LogP contribution in [0.15, 0.2) is 18.2 Å². The highest BCUT2D eigenvalue weighted by Crippen LogP contribution is 2.30. The first kappa shape index (κ1) is 18.5. The predicted molar refractivity (Wildman–Crippen MR) is 83.7 cm³/mol. The molecule has 10 heteroatoms. The molecule has 1 saturated heterocycles. The first-order valence-corrected chi connectivity index (χ1v) is 7.46. The first-order chi connectivity index (χ1) is 11.9. The molecule has 0 spiro atoms. The van der Waals surface area contributed by atoms with E-state index in [0.29, 0.717) is 6.61 Å². The lowest BCUT2D eigenvalue weighted by atomic mass is 10.1. The van der Waals surface area contributed by atoms with E-state index in [2.05, 4.69) is 0 Å². The van der Waals surface area contributed by atoms with E-state index in [4.69, 9.17) is 19.3 Å². The van der Waals surface area contributed by atoms with Crippen LogP contribution in [0.5, 0.6) is 11.5 Å². The van der Waals surface area contributed by atoms with E-state index >= 15 is 0 Å². The predicted octanol–water partition coefficient (Wildman–Crippen LogP) is 0.684. The molecule has 1 fully saturated rings. The average Bonchev–Trinajstić information content (AvgIpc) is 2.59. The molecule has 1 aliphatic heterocycles. The lowest BCUT2D eigenvalue weighted by molar-refractivity contribution is -0.385. The number of aliphatic carboxylic acids is 1. The van der Waals surface area contributed by atoms with Gasteiger partial charge in [0.2, 0.25) is 5.75 Å². The molecule has 1 aromatic carbocycles. The lowest BCUT2D eigenvalue weighted by Gasteiger charge is -2.34. The van der Waals surface area contributed by atoms with Crippen LogP contribution in [-0.4, -0.2) is 66.3 Å². The summed E-state index contributed by atoms with van der Waals surface area (Å²) >= 11 is 0. The summed E-state index contributed by atoms with van der Waals surface area (Å²) in [6.07, 6.45) is -0.211. The van der Waals surface area contributed by atoms with Crippen LogP contribution in [0, 0.1) is 10.1 Å². The van der Waals surface area contributed by atoms with Gasteiger partial charge < -0.3 is 24.2 Å². The standard InChI is InChI=1S/C15H18N2O8/c1-23-13-7-11(2-3-12(13)17(21)22)25-9-14(18)16-4-5-24-8-10(16)6-15(19)20/h2-3,7,10H,4-6,8-9H2,1H3,(H,19,20). The third-order valence-electron chi connectivity index (χ3n) is 3.67. The van der Waals surface area contributed by atoms with E-state index in [-0.39, 0.29) is 49.3 Å². The number of carboxylic acid groups (broad SMARTS) is 1. The molecular weight excluding hydrogens is 336 g/mol. The molecule has 1 amide bonds. The largest absolute Gasteiger partial charge is 0.490 e. The molecule has 1 unspecified atom stereocenters. The van der Waals surface area contributed by atoms with Crippen LogP contribution in [0.2, 0.25) is 0 Å². The highest BCUT2D eigenvalue weighted by molar-refractivity contribution is 5.79. The molecule has 1 aromatic rings. The first-order valence-electron chi connectivity index (χ1n) is 7.46. The minimum atomic E-state index is -1.02. The van der Waals surface area contributed by atoms with Gasteiger partial charge >= 0.3 is 11.7 Å². The number of amides is 1. The van der Waals surface area contributed by atoms with Crippen LogP contribution < -0.4 is 9.47 Å². The van der Waals surface area contributed by atoms with Gasteiger partial charge in [-0.1, -0.05) is 0 Å². The molecule has 0 aromatic heterocycles. The van der Waals surface area contributed by atoms with Gasteiger partial charge in [0.05, 0.1) is 37.7 Å². The van der Waals surface area contributed by atoms with Gasteiger partial charge in [-0.3, -0.25) is 19.7 Å². The number of ether oxygens (including phenoxy) is 3. The van der Waals surface area contributed by atoms with Crippen molar-refractivity contribution in [1.82, 2.24) is 4.90 Å². The number of nitrogens with zero attached hydrogens (tertiary/aromatic N) is 2. The van der Waals surface area contributed by atoms with Crippen molar-refractivity contribution in [2.45, 2.75) is 12.5 Å². The second kappa shape index (κ2) is 8.29. The number of hydrogen-bond acceptors (Lipinski definition) is 7. The highest BCUT2D eigenvalue weighted by atomic mass is 16.6. The van der Waals surface area contributed by atoms with Gasteiger partial charge in [0, 0.05) is 18.7 Å². The Morgan fingerprint density at radius 1 is 1.48 bits per heavy atom. The van der Waals surface area contributed by atoms with Gasteiger partial charge in [0.25, 0.3) is 5.91 Å². The number of benzene rings is 1. The molecule has 25 heavy (non-hydrogen) atoms. The number of carbonyl (C=O) groups is 2. The van der Waals surface area contributed by atoms with Crippen LogP contribution in [0.3, 0.4) is 0 Å². The van der Waals surface area contributed by atoms with Gasteiger partial charge in [0.1, 0.15) is 5.75 Å². The van der Waals surface area contributed by atoms with E-state index in [1.165, 1.54) is 30.2 Å². The zero-order valence-electron chi connectivity index (χ0n) is 13.5. The topological polar surface area (TPSA) is 128 Å². The molecule has 10 nitrogen and oxygen atoms in total. The molecule has 2 rings (SSSR count). The van der Waals surface area contributed by atoms with Crippen LogP contribution in [-0.2, 0) is 14.3 Å². The maximum absolute atomic E-state index is 12.3. The number of nitro groups is 1. The van der Waals surface area contributed by atoms with E-state index in [0.717, 1.165) is 0 Å². The zero-order valence-corrected chi connectivity index (χ0v) is 13.5. The molecule has 0 radical (unpaired) electrons. The molecule has 0 bridgehead atoms. The van der Waals surface area contributed by atoms with Crippen molar-refractivity contribution < 1.29 is 33.8 Å². The van der Waals surface area contributed by atoms with Gasteiger partial charge in [-0.15, -0.1) is 0 Å². The molecular formula is C15H18N2O8. The van der Waals surface area contributed by atoms with Gasteiger partial charge in [-0.05, 0) is 6.07 Å². The molecule has 1 atom stereocenters. The fraction of sp³-hybridized carbons (Fsp3) is 0.467. The molecule has 0 saturated carbocycles. The van der Waals surface area contributed by atoms with E-state index in [1.807, 2.05) is 0 Å². The summed E-state index contributed by atoms with van der Waals surface area (Å²) in [5, 5.41) is 19.8. The molecule has 136 valence electrons. The summed E-state index contributed by atoms with van der Waals surface area (Å²) in [6, 6.07) is 3.36. The van der Waals surface area contributed by atoms with E-state index in [1.54, 1.807) is 0 Å². The Balaban J connectivity index is 2.01. The summed E-state index contributed by atoms with van der Waals surface area (Å²) in [5.74, 6) is -1.15. The smallest absolute Gasteiger partial charge is 0.311 e. The van der Waals surface area contributed by atoms with Crippen molar-refractivity contribution >= 4 is 17.6 Å². The second-order valence-corrected chi connectivity index (χ2v) is 5.29. The summed E-state index contributed by atoms with van der Waals surface area (Å²) in [4.78, 5) is 34.9. The normalized spacial score (nSPS) is 17.0. The fourth-order valence-corrected chi connectivity index (χ4v) is 2.48. The number of carboxylic acids is 1. The molecule has 1 aliphatic rings. The average molecular weight is 354 g/mol. The number of rotatable bonds is 7. The Morgan fingerprint density at radius 3 is 2.88 bits per heavy atom. The quantitative estimate of drug-likeness (QED) is 0.559. The van der Waals surface area contributed by atoms with Crippen molar-refractivity contribution in [3.8, 4) is 11.5 Å². The fourth-order valence-electron chi connectivity index (χ4n) is 2.48. The summed E-state index contributed by atoms with van der Waals surface area (Å²) in [5.41, 5.74) is -0.212. The van der Waals surface area contributed by atoms with Gasteiger partial charge in [-0.2, -0.15) is 0 Å². The minimum absolute atomic E-state index is 0.0186. The van der Waals surface area contributed by atoms with Crippen LogP contribution in [0.25, 0.3) is 0 Å². The Labute approximate surface area is 143 Å². The second-order valence-electron chi connectivity index (χ2n) is 5.29. The molecule has 1 heterocycles. The molecule has 1 N–H and O–H groups in total. The summed E-state index contributed by atoms with van der Waals surface area (Å²) in [6.45, 7) is 0.442. The Hall–Kier alpha value is -2.88.